The van der Waals surface area contributed by atoms with Gasteiger partial charge >= 0.3 is 0 Å². The van der Waals surface area contributed by atoms with Gasteiger partial charge in [0.25, 0.3) is 5.91 Å². The van der Waals surface area contributed by atoms with Gasteiger partial charge in [0, 0.05) is 25.8 Å². The number of nitrogens with zero attached hydrogens (tertiary/aromatic N) is 2. The normalized spacial score (nSPS) is 19.9. The number of nitrogens with two attached hydrogens (primary N) is 1. The Morgan fingerprint density at radius 1 is 1.56 bits per heavy atom. The zero-order valence-corrected chi connectivity index (χ0v) is 10.9. The molecule has 0 spiro atoms. The van der Waals surface area contributed by atoms with E-state index in [1.807, 2.05) is 11.0 Å². The first kappa shape index (κ1) is 13.0. The number of hydrogen-bond donors (Lipinski definition) is 1. The highest BCUT2D eigenvalue weighted by molar-refractivity contribution is 5.92. The zero-order valence-electron chi connectivity index (χ0n) is 10.9. The van der Waals surface area contributed by atoms with Gasteiger partial charge in [0.1, 0.15) is 5.69 Å². The van der Waals surface area contributed by atoms with E-state index in [1.165, 1.54) is 6.42 Å². The highest BCUT2D eigenvalue weighted by atomic mass is 16.2. The van der Waals surface area contributed by atoms with Gasteiger partial charge in [-0.3, -0.25) is 9.78 Å². The number of likely N-dealkylation sites (tertiary alicyclic amines) is 1. The molecule has 0 bridgehead atoms. The zero-order chi connectivity index (χ0) is 13.0. The first-order valence-corrected chi connectivity index (χ1v) is 6.69. The lowest BCUT2D eigenvalue weighted by atomic mass is 9.95. The predicted molar refractivity (Wildman–Crippen MR) is 71.0 cm³/mol. The van der Waals surface area contributed by atoms with Crippen molar-refractivity contribution in [1.29, 1.82) is 0 Å². The van der Waals surface area contributed by atoms with E-state index >= 15 is 0 Å². The molecule has 1 amide bonds. The maximum absolute atomic E-state index is 12.3. The molecule has 1 aliphatic heterocycles. The van der Waals surface area contributed by atoms with Gasteiger partial charge in [0.15, 0.2) is 0 Å². The van der Waals surface area contributed by atoms with Crippen molar-refractivity contribution >= 4 is 5.91 Å². The molecular weight excluding hydrogens is 226 g/mol. The van der Waals surface area contributed by atoms with E-state index < -0.39 is 0 Å². The Morgan fingerprint density at radius 3 is 3.00 bits per heavy atom. The molecule has 1 aliphatic rings. The predicted octanol–water partition coefficient (Wildman–Crippen LogP) is 1.80. The van der Waals surface area contributed by atoms with Gasteiger partial charge in [-0.15, -0.1) is 0 Å². The molecule has 0 saturated carbocycles. The molecule has 0 aromatic carbocycles. The van der Waals surface area contributed by atoms with Crippen molar-refractivity contribution in [3.63, 3.8) is 0 Å². The first-order valence-electron chi connectivity index (χ1n) is 6.69. The van der Waals surface area contributed by atoms with Crippen LogP contribution in [0.1, 0.15) is 42.2 Å². The lowest BCUT2D eigenvalue weighted by Gasteiger charge is -2.32. The van der Waals surface area contributed by atoms with Gasteiger partial charge in [0.2, 0.25) is 0 Å². The molecule has 4 heteroatoms. The maximum Gasteiger partial charge on any atom is 0.272 e. The molecule has 1 unspecified atom stereocenters. The fourth-order valence-corrected chi connectivity index (χ4v) is 2.42. The van der Waals surface area contributed by atoms with E-state index in [4.69, 9.17) is 5.73 Å². The number of pyridine rings is 1. The summed E-state index contributed by atoms with van der Waals surface area (Å²) < 4.78 is 0. The summed E-state index contributed by atoms with van der Waals surface area (Å²) >= 11 is 0. The van der Waals surface area contributed by atoms with Crippen LogP contribution in [0.15, 0.2) is 18.3 Å². The van der Waals surface area contributed by atoms with Gasteiger partial charge in [-0.25, -0.2) is 0 Å². The van der Waals surface area contributed by atoms with Gasteiger partial charge in [-0.1, -0.05) is 19.4 Å². The SMILES string of the molecule is CCC1CCCN(C(=O)c2ccc(CN)cn2)C1. The molecule has 2 rings (SSSR count). The number of piperidine rings is 1. The monoisotopic (exact) mass is 247 g/mol. The first-order chi connectivity index (χ1) is 8.74. The Bertz CT molecular complexity index is 402. The number of rotatable bonds is 3. The molecule has 98 valence electrons. The molecule has 2 N–H and O–H groups in total. The Morgan fingerprint density at radius 2 is 2.39 bits per heavy atom. The van der Waals surface area contributed by atoms with E-state index in [1.54, 1.807) is 12.3 Å². The minimum absolute atomic E-state index is 0.0525. The van der Waals surface area contributed by atoms with E-state index in [0.717, 1.165) is 31.5 Å². The van der Waals surface area contributed by atoms with Crippen LogP contribution in [-0.2, 0) is 6.54 Å². The van der Waals surface area contributed by atoms with Crippen LogP contribution < -0.4 is 5.73 Å². The minimum Gasteiger partial charge on any atom is -0.337 e. The van der Waals surface area contributed by atoms with Gasteiger partial charge in [-0.2, -0.15) is 0 Å². The van der Waals surface area contributed by atoms with Crippen LogP contribution in [0.4, 0.5) is 0 Å². The third kappa shape index (κ3) is 2.88. The molecule has 0 radical (unpaired) electrons. The molecular formula is C14H21N3O. The van der Waals surface area contributed by atoms with Crippen molar-refractivity contribution in [2.45, 2.75) is 32.7 Å². The highest BCUT2D eigenvalue weighted by Crippen LogP contribution is 2.20. The summed E-state index contributed by atoms with van der Waals surface area (Å²) in [6.07, 6.45) is 5.17. The summed E-state index contributed by atoms with van der Waals surface area (Å²) in [6.45, 7) is 4.38. The van der Waals surface area contributed by atoms with Crippen LogP contribution in [-0.4, -0.2) is 28.9 Å². The number of amides is 1. The lowest BCUT2D eigenvalue weighted by Crippen LogP contribution is -2.40. The molecule has 18 heavy (non-hydrogen) atoms. The second-order valence-corrected chi connectivity index (χ2v) is 4.92. The summed E-state index contributed by atoms with van der Waals surface area (Å²) in [6, 6.07) is 3.65. The topological polar surface area (TPSA) is 59.2 Å². The van der Waals surface area contributed by atoms with Gasteiger partial charge < -0.3 is 10.6 Å². The van der Waals surface area contributed by atoms with Crippen molar-refractivity contribution in [3.05, 3.63) is 29.6 Å². The Kier molecular flexibility index (Phi) is 4.31. The average molecular weight is 247 g/mol. The summed E-state index contributed by atoms with van der Waals surface area (Å²) in [7, 11) is 0. The fourth-order valence-electron chi connectivity index (χ4n) is 2.42. The smallest absolute Gasteiger partial charge is 0.272 e. The number of hydrogen-bond acceptors (Lipinski definition) is 3. The lowest BCUT2D eigenvalue weighted by molar-refractivity contribution is 0.0665. The van der Waals surface area contributed by atoms with E-state index in [2.05, 4.69) is 11.9 Å². The molecule has 2 heterocycles. The van der Waals surface area contributed by atoms with Crippen LogP contribution in [0.2, 0.25) is 0 Å². The van der Waals surface area contributed by atoms with E-state index in [-0.39, 0.29) is 5.91 Å². The second-order valence-electron chi connectivity index (χ2n) is 4.92. The third-order valence-corrected chi connectivity index (χ3v) is 3.66. The molecule has 1 aromatic heterocycles. The van der Waals surface area contributed by atoms with Crippen molar-refractivity contribution in [3.8, 4) is 0 Å². The van der Waals surface area contributed by atoms with Crippen LogP contribution in [0.3, 0.4) is 0 Å². The summed E-state index contributed by atoms with van der Waals surface area (Å²) in [4.78, 5) is 18.4. The van der Waals surface area contributed by atoms with Crippen molar-refractivity contribution in [2.75, 3.05) is 13.1 Å². The number of aromatic nitrogens is 1. The van der Waals surface area contributed by atoms with Crippen molar-refractivity contribution in [2.24, 2.45) is 11.7 Å². The van der Waals surface area contributed by atoms with E-state index in [0.29, 0.717) is 18.2 Å². The number of carbonyl (C=O) groups excluding carboxylic acids is 1. The van der Waals surface area contributed by atoms with Gasteiger partial charge in [0.05, 0.1) is 0 Å². The number of carbonyl (C=O) groups is 1. The van der Waals surface area contributed by atoms with E-state index in [9.17, 15) is 4.79 Å². The quantitative estimate of drug-likeness (QED) is 0.886. The molecule has 1 saturated heterocycles. The van der Waals surface area contributed by atoms with Crippen molar-refractivity contribution < 1.29 is 4.79 Å². The Hall–Kier alpha value is -1.42. The van der Waals surface area contributed by atoms with Crippen LogP contribution in [0.25, 0.3) is 0 Å². The maximum atomic E-state index is 12.3. The van der Waals surface area contributed by atoms with Crippen molar-refractivity contribution in [1.82, 2.24) is 9.88 Å². The van der Waals surface area contributed by atoms with Gasteiger partial charge in [-0.05, 0) is 30.4 Å². The standard InChI is InChI=1S/C14H21N3O/c1-2-11-4-3-7-17(10-11)14(18)13-6-5-12(8-15)9-16-13/h5-6,9,11H,2-4,7-8,10,15H2,1H3. The second kappa shape index (κ2) is 5.96. The largest absolute Gasteiger partial charge is 0.337 e. The summed E-state index contributed by atoms with van der Waals surface area (Å²) in [5.74, 6) is 0.697. The third-order valence-electron chi connectivity index (χ3n) is 3.66. The average Bonchev–Trinajstić information content (AvgIpc) is 2.46. The molecule has 0 aliphatic carbocycles. The summed E-state index contributed by atoms with van der Waals surface area (Å²) in [5, 5.41) is 0. The minimum atomic E-state index is 0.0525. The molecule has 1 fully saturated rings. The molecule has 1 atom stereocenters. The van der Waals surface area contributed by atoms with Crippen LogP contribution in [0, 0.1) is 5.92 Å². The Labute approximate surface area is 108 Å². The Balaban J connectivity index is 2.05. The highest BCUT2D eigenvalue weighted by Gasteiger charge is 2.23. The summed E-state index contributed by atoms with van der Waals surface area (Å²) in [5.41, 5.74) is 7.01. The molecule has 4 nitrogen and oxygen atoms in total. The fraction of sp³-hybridized carbons (Fsp3) is 0.571. The molecule has 1 aromatic rings. The van der Waals surface area contributed by atoms with Crippen LogP contribution >= 0.6 is 0 Å². The van der Waals surface area contributed by atoms with Crippen LogP contribution in [0.5, 0.6) is 0 Å².